The fourth-order valence-corrected chi connectivity index (χ4v) is 7.03. The molecule has 0 radical (unpaired) electrons. The van der Waals surface area contributed by atoms with Crippen molar-refractivity contribution < 1.29 is 23.9 Å². The molecule has 0 aliphatic carbocycles. The number of fused-ring (bicyclic) bond motifs is 6. The molecule has 3 heterocycles. The summed E-state index contributed by atoms with van der Waals surface area (Å²) in [5.41, 5.74) is 3.18. The minimum Gasteiger partial charge on any atom is -0.425 e. The van der Waals surface area contributed by atoms with Gasteiger partial charge < -0.3 is 9.64 Å². The van der Waals surface area contributed by atoms with E-state index in [9.17, 15) is 19.2 Å². The SMILES string of the molecule is O=C(c1ccccc1)c1ccc(OC(=O)[C@@H]2[C@@H]3C(=O)N(c4cccc5ccccc45)C(=O)[C@H]3[C@@H]3C=Cc4ccccc4N23)cc1. The van der Waals surface area contributed by atoms with Crippen molar-refractivity contribution in [1.29, 1.82) is 0 Å². The summed E-state index contributed by atoms with van der Waals surface area (Å²) in [6.07, 6.45) is 3.86. The van der Waals surface area contributed by atoms with E-state index in [1.807, 2.05) is 83.8 Å². The Balaban J connectivity index is 1.15. The zero-order chi connectivity index (χ0) is 30.7. The molecule has 2 saturated heterocycles. The molecule has 7 nitrogen and oxygen atoms in total. The van der Waals surface area contributed by atoms with Crippen LogP contribution in [0.25, 0.3) is 16.8 Å². The Kier molecular flexibility index (Phi) is 6.20. The van der Waals surface area contributed by atoms with Crippen molar-refractivity contribution in [2.75, 3.05) is 9.80 Å². The number of hydrogen-bond donors (Lipinski definition) is 0. The van der Waals surface area contributed by atoms with E-state index in [1.54, 1.807) is 54.6 Å². The van der Waals surface area contributed by atoms with Crippen LogP contribution in [0.1, 0.15) is 21.5 Å². The van der Waals surface area contributed by atoms with E-state index in [4.69, 9.17) is 4.74 Å². The van der Waals surface area contributed by atoms with Gasteiger partial charge >= 0.3 is 5.97 Å². The number of rotatable bonds is 5. The highest BCUT2D eigenvalue weighted by molar-refractivity contribution is 6.27. The van der Waals surface area contributed by atoms with Crippen molar-refractivity contribution in [3.8, 4) is 5.75 Å². The van der Waals surface area contributed by atoms with E-state index in [1.165, 1.54) is 4.90 Å². The van der Waals surface area contributed by atoms with E-state index < -0.39 is 35.8 Å². The molecule has 0 aromatic heterocycles. The first kappa shape index (κ1) is 26.8. The lowest BCUT2D eigenvalue weighted by Crippen LogP contribution is -2.50. The average Bonchev–Trinajstić information content (AvgIpc) is 3.57. The number of ether oxygens (including phenoxy) is 1. The topological polar surface area (TPSA) is 84.0 Å². The number of carbonyl (C=O) groups is 4. The molecule has 0 saturated carbocycles. The van der Waals surface area contributed by atoms with Crippen molar-refractivity contribution in [3.05, 3.63) is 144 Å². The Hall–Kier alpha value is -5.82. The lowest BCUT2D eigenvalue weighted by atomic mass is 9.89. The van der Waals surface area contributed by atoms with Crippen LogP contribution in [0.3, 0.4) is 0 Å². The third kappa shape index (κ3) is 4.19. The first-order chi connectivity index (χ1) is 22.0. The van der Waals surface area contributed by atoms with Gasteiger partial charge in [0.25, 0.3) is 0 Å². The smallest absolute Gasteiger partial charge is 0.335 e. The summed E-state index contributed by atoms with van der Waals surface area (Å²) in [6.45, 7) is 0. The van der Waals surface area contributed by atoms with E-state index in [2.05, 4.69) is 0 Å². The number of imide groups is 1. The minimum atomic E-state index is -1.05. The largest absolute Gasteiger partial charge is 0.425 e. The Labute approximate surface area is 259 Å². The molecule has 5 aromatic carbocycles. The highest BCUT2D eigenvalue weighted by Crippen LogP contribution is 2.50. The molecule has 0 spiro atoms. The number of nitrogens with zero attached hydrogens (tertiary/aromatic N) is 2. The van der Waals surface area contributed by atoms with E-state index >= 15 is 0 Å². The number of hydrogen-bond acceptors (Lipinski definition) is 6. The zero-order valence-corrected chi connectivity index (χ0v) is 23.9. The summed E-state index contributed by atoms with van der Waals surface area (Å²) < 4.78 is 5.91. The first-order valence-electron chi connectivity index (χ1n) is 14.8. The molecule has 2 fully saturated rings. The summed E-state index contributed by atoms with van der Waals surface area (Å²) in [5, 5.41) is 1.69. The number of amides is 2. The quantitative estimate of drug-likeness (QED) is 0.107. The van der Waals surface area contributed by atoms with E-state index in [0.29, 0.717) is 16.8 Å². The van der Waals surface area contributed by atoms with Gasteiger partial charge in [-0.1, -0.05) is 97.1 Å². The highest BCUT2D eigenvalue weighted by atomic mass is 16.5. The van der Waals surface area contributed by atoms with Crippen LogP contribution >= 0.6 is 0 Å². The fraction of sp³-hybridized carbons (Fsp3) is 0.105. The van der Waals surface area contributed by atoms with Gasteiger partial charge in [-0.3, -0.25) is 14.4 Å². The van der Waals surface area contributed by atoms with Gasteiger partial charge in [0.2, 0.25) is 11.8 Å². The van der Waals surface area contributed by atoms with Gasteiger partial charge in [-0.25, -0.2) is 9.69 Å². The molecular formula is C38H26N2O5. The number of benzene rings is 5. The van der Waals surface area contributed by atoms with Gasteiger partial charge in [0.05, 0.1) is 23.6 Å². The Morgan fingerprint density at radius 3 is 2.09 bits per heavy atom. The first-order valence-corrected chi connectivity index (χ1v) is 14.8. The lowest BCUT2D eigenvalue weighted by molar-refractivity contribution is -0.139. The molecule has 4 atom stereocenters. The second-order valence-electron chi connectivity index (χ2n) is 11.5. The normalized spacial score (nSPS) is 21.4. The number of esters is 1. The summed E-state index contributed by atoms with van der Waals surface area (Å²) in [5.74, 6) is -3.02. The van der Waals surface area contributed by atoms with Gasteiger partial charge in [-0.15, -0.1) is 0 Å². The Morgan fingerprint density at radius 2 is 1.27 bits per heavy atom. The van der Waals surface area contributed by atoms with Crippen LogP contribution in [-0.2, 0) is 14.4 Å². The number of ketones is 1. The van der Waals surface area contributed by atoms with Crippen LogP contribution in [0.5, 0.6) is 5.75 Å². The third-order valence-electron chi connectivity index (χ3n) is 9.03. The highest BCUT2D eigenvalue weighted by Gasteiger charge is 2.65. The fourth-order valence-electron chi connectivity index (χ4n) is 7.03. The molecule has 0 bridgehead atoms. The minimum absolute atomic E-state index is 0.143. The van der Waals surface area contributed by atoms with Gasteiger partial charge in [0, 0.05) is 22.2 Å². The molecule has 0 N–H and O–H groups in total. The van der Waals surface area contributed by atoms with Gasteiger partial charge in [-0.2, -0.15) is 0 Å². The molecule has 3 aliphatic heterocycles. The second-order valence-corrected chi connectivity index (χ2v) is 11.5. The zero-order valence-electron chi connectivity index (χ0n) is 23.9. The molecule has 218 valence electrons. The van der Waals surface area contributed by atoms with Crippen molar-refractivity contribution in [2.45, 2.75) is 12.1 Å². The van der Waals surface area contributed by atoms with Crippen molar-refractivity contribution in [3.63, 3.8) is 0 Å². The maximum absolute atomic E-state index is 14.3. The Bertz CT molecular complexity index is 2050. The molecule has 3 aliphatic rings. The third-order valence-corrected chi connectivity index (χ3v) is 9.03. The molecule has 7 heteroatoms. The summed E-state index contributed by atoms with van der Waals surface area (Å²) in [4.78, 5) is 58.7. The monoisotopic (exact) mass is 590 g/mol. The predicted molar refractivity (Wildman–Crippen MR) is 171 cm³/mol. The van der Waals surface area contributed by atoms with E-state index in [0.717, 1.165) is 22.0 Å². The van der Waals surface area contributed by atoms with Crippen molar-refractivity contribution in [1.82, 2.24) is 0 Å². The second kappa shape index (κ2) is 10.4. The molecule has 5 aromatic rings. The van der Waals surface area contributed by atoms with Crippen molar-refractivity contribution >= 4 is 51.8 Å². The Morgan fingerprint density at radius 1 is 0.622 bits per heavy atom. The summed E-state index contributed by atoms with van der Waals surface area (Å²) in [6, 6.07) is 34.5. The average molecular weight is 591 g/mol. The molecule has 2 amide bonds. The standard InChI is InChI=1S/C38H26N2O5/c41-35(25-11-2-1-3-12-25)26-17-20-27(21-18-26)45-38(44)34-33-32(31-22-19-24-10-5-7-15-29(24)39(31)34)36(42)40(37(33)43)30-16-8-13-23-9-4-6-14-28(23)30/h1-22,31-34H/t31-,32-,33+,34-/m0/s1. The summed E-state index contributed by atoms with van der Waals surface area (Å²) >= 11 is 0. The van der Waals surface area contributed by atoms with Crippen LogP contribution < -0.4 is 14.5 Å². The number of anilines is 2. The van der Waals surface area contributed by atoms with Crippen LogP contribution in [0.2, 0.25) is 0 Å². The van der Waals surface area contributed by atoms with E-state index in [-0.39, 0.29) is 17.4 Å². The number of para-hydroxylation sites is 1. The molecule has 45 heavy (non-hydrogen) atoms. The van der Waals surface area contributed by atoms with Crippen LogP contribution in [0.15, 0.2) is 127 Å². The van der Waals surface area contributed by atoms with Gasteiger partial charge in [0.15, 0.2) is 5.78 Å². The van der Waals surface area contributed by atoms with Crippen LogP contribution in [0.4, 0.5) is 11.4 Å². The number of carbonyl (C=O) groups excluding carboxylic acids is 4. The van der Waals surface area contributed by atoms with Gasteiger partial charge in [0.1, 0.15) is 11.8 Å². The van der Waals surface area contributed by atoms with Crippen LogP contribution in [0, 0.1) is 11.8 Å². The summed E-state index contributed by atoms with van der Waals surface area (Å²) in [7, 11) is 0. The lowest BCUT2D eigenvalue weighted by Gasteiger charge is -2.36. The van der Waals surface area contributed by atoms with Gasteiger partial charge in [-0.05, 0) is 47.3 Å². The molecular weight excluding hydrogens is 564 g/mol. The maximum Gasteiger partial charge on any atom is 0.335 e. The predicted octanol–water partition coefficient (Wildman–Crippen LogP) is 6.07. The molecule has 0 unspecified atom stereocenters. The van der Waals surface area contributed by atoms with Crippen LogP contribution in [-0.4, -0.2) is 35.7 Å². The maximum atomic E-state index is 14.3. The van der Waals surface area contributed by atoms with Crippen molar-refractivity contribution in [2.24, 2.45) is 11.8 Å². The molecule has 8 rings (SSSR count).